The second-order valence-electron chi connectivity index (χ2n) is 3.77. The summed E-state index contributed by atoms with van der Waals surface area (Å²) in [6.45, 7) is -0.619. The van der Waals surface area contributed by atoms with Gasteiger partial charge in [-0.2, -0.15) is 0 Å². The first kappa shape index (κ1) is 14.0. The van der Waals surface area contributed by atoms with Crippen LogP contribution in [0.1, 0.15) is 11.7 Å². The van der Waals surface area contributed by atoms with E-state index in [9.17, 15) is 13.5 Å². The Morgan fingerprint density at radius 1 is 1.29 bits per heavy atom. The minimum absolute atomic E-state index is 0.426. The maximum Gasteiger partial charge on any atom is 0.155 e. The highest BCUT2D eigenvalue weighted by Gasteiger charge is 2.29. The molecule has 1 aromatic carbocycles. The topological polar surface area (TPSA) is 83.8 Å². The Bertz CT molecular complexity index is 451. The van der Waals surface area contributed by atoms with Gasteiger partial charge in [-0.1, -0.05) is 12.1 Å². The van der Waals surface area contributed by atoms with E-state index in [1.165, 1.54) is 7.11 Å². The molecule has 6 heteroatoms. The number of sulfone groups is 1. The zero-order chi connectivity index (χ0) is 13.1. The lowest BCUT2D eigenvalue weighted by Crippen LogP contribution is -2.31. The van der Waals surface area contributed by atoms with Gasteiger partial charge in [0.05, 0.1) is 19.8 Å². The number of aliphatic hydroxyl groups is 2. The summed E-state index contributed by atoms with van der Waals surface area (Å²) in [5, 5.41) is 17.7. The Kier molecular flexibility index (Phi) is 4.50. The van der Waals surface area contributed by atoms with Crippen molar-refractivity contribution in [3.05, 3.63) is 29.8 Å². The zero-order valence-electron chi connectivity index (χ0n) is 9.70. The van der Waals surface area contributed by atoms with Crippen LogP contribution in [0.25, 0.3) is 0 Å². The van der Waals surface area contributed by atoms with Gasteiger partial charge in [-0.3, -0.25) is 0 Å². The van der Waals surface area contributed by atoms with Crippen molar-refractivity contribution in [1.29, 1.82) is 0 Å². The minimum Gasteiger partial charge on any atom is -0.497 e. The van der Waals surface area contributed by atoms with Crippen molar-refractivity contribution in [2.24, 2.45) is 0 Å². The van der Waals surface area contributed by atoms with Crippen LogP contribution in [0.15, 0.2) is 24.3 Å². The van der Waals surface area contributed by atoms with Crippen LogP contribution in [0.2, 0.25) is 0 Å². The lowest BCUT2D eigenvalue weighted by Gasteiger charge is -2.19. The molecule has 2 N–H and O–H groups in total. The number of rotatable bonds is 5. The summed E-state index contributed by atoms with van der Waals surface area (Å²) in [5.74, 6) is 0.612. The molecule has 0 aliphatic rings. The Hall–Kier alpha value is -1.11. The fourth-order valence-corrected chi connectivity index (χ4v) is 2.38. The van der Waals surface area contributed by atoms with E-state index >= 15 is 0 Å². The second-order valence-corrected chi connectivity index (χ2v) is 6.03. The van der Waals surface area contributed by atoms with Gasteiger partial charge in [0, 0.05) is 6.26 Å². The highest BCUT2D eigenvalue weighted by Crippen LogP contribution is 2.23. The highest BCUT2D eigenvalue weighted by molar-refractivity contribution is 7.91. The van der Waals surface area contributed by atoms with Crippen molar-refractivity contribution in [1.82, 2.24) is 0 Å². The molecule has 0 spiro atoms. The summed E-state index contributed by atoms with van der Waals surface area (Å²) in [7, 11) is -2.00. The minimum atomic E-state index is -3.51. The average Bonchev–Trinajstić information content (AvgIpc) is 2.28. The highest BCUT2D eigenvalue weighted by atomic mass is 32.2. The molecule has 1 rings (SSSR count). The first-order chi connectivity index (χ1) is 7.90. The molecule has 0 heterocycles. The molecule has 0 radical (unpaired) electrons. The third-order valence-corrected chi connectivity index (χ3v) is 4.05. The molecule has 0 saturated heterocycles. The zero-order valence-corrected chi connectivity index (χ0v) is 10.5. The lowest BCUT2D eigenvalue weighted by atomic mass is 10.1. The van der Waals surface area contributed by atoms with Crippen LogP contribution in [-0.4, -0.2) is 43.9 Å². The summed E-state index contributed by atoms with van der Waals surface area (Å²) >= 11 is 0. The first-order valence-electron chi connectivity index (χ1n) is 5.02. The quantitative estimate of drug-likeness (QED) is 0.786. The van der Waals surface area contributed by atoms with E-state index in [-0.39, 0.29) is 0 Å². The monoisotopic (exact) mass is 260 g/mol. The number of hydrogen-bond donors (Lipinski definition) is 2. The Morgan fingerprint density at radius 2 is 1.82 bits per heavy atom. The van der Waals surface area contributed by atoms with Gasteiger partial charge in [-0.25, -0.2) is 8.42 Å². The lowest BCUT2D eigenvalue weighted by molar-refractivity contribution is 0.138. The van der Waals surface area contributed by atoms with Crippen molar-refractivity contribution in [2.45, 2.75) is 11.4 Å². The van der Waals surface area contributed by atoms with Crippen LogP contribution >= 0.6 is 0 Å². The molecule has 0 aliphatic heterocycles. The van der Waals surface area contributed by atoms with Gasteiger partial charge < -0.3 is 14.9 Å². The van der Waals surface area contributed by atoms with Crippen LogP contribution < -0.4 is 4.74 Å². The predicted octanol–water partition coefficient (Wildman–Crippen LogP) is 0.134. The Balaban J connectivity index is 2.98. The van der Waals surface area contributed by atoms with Gasteiger partial charge in [0.25, 0.3) is 0 Å². The van der Waals surface area contributed by atoms with Gasteiger partial charge in [0.1, 0.15) is 11.0 Å². The molecule has 96 valence electrons. The van der Waals surface area contributed by atoms with Crippen molar-refractivity contribution in [3.63, 3.8) is 0 Å². The van der Waals surface area contributed by atoms with Gasteiger partial charge >= 0.3 is 0 Å². The number of ether oxygens (including phenoxy) is 1. The molecule has 0 saturated carbocycles. The van der Waals surface area contributed by atoms with Crippen molar-refractivity contribution in [3.8, 4) is 5.75 Å². The molecule has 0 fully saturated rings. The van der Waals surface area contributed by atoms with Crippen LogP contribution in [-0.2, 0) is 9.84 Å². The smallest absolute Gasteiger partial charge is 0.155 e. The first-order valence-corrected chi connectivity index (χ1v) is 6.97. The summed E-state index contributed by atoms with van der Waals surface area (Å²) in [6, 6.07) is 6.37. The fourth-order valence-electron chi connectivity index (χ4n) is 1.49. The van der Waals surface area contributed by atoms with Gasteiger partial charge in [-0.15, -0.1) is 0 Å². The molecule has 0 aromatic heterocycles. The molecule has 17 heavy (non-hydrogen) atoms. The van der Waals surface area contributed by atoms with Crippen LogP contribution in [0.5, 0.6) is 5.75 Å². The standard InChI is InChI=1S/C11H16O5S/c1-16-9-5-3-8(4-6-9)11(13)10(7-12)17(2,14)15/h3-6,10-13H,7H2,1-2H3. The summed E-state index contributed by atoms with van der Waals surface area (Å²) < 4.78 is 27.7. The van der Waals surface area contributed by atoms with Crippen molar-refractivity contribution < 1.29 is 23.4 Å². The fraction of sp³-hybridized carbons (Fsp3) is 0.455. The van der Waals surface area contributed by atoms with E-state index < -0.39 is 27.8 Å². The second kappa shape index (κ2) is 5.48. The SMILES string of the molecule is COc1ccc(C(O)C(CO)S(C)(=O)=O)cc1. The predicted molar refractivity (Wildman–Crippen MR) is 63.7 cm³/mol. The molecule has 1 aromatic rings. The molecule has 0 aliphatic carbocycles. The molecule has 0 bridgehead atoms. The maximum absolute atomic E-state index is 11.4. The maximum atomic E-state index is 11.4. The van der Waals surface area contributed by atoms with E-state index in [4.69, 9.17) is 9.84 Å². The third kappa shape index (κ3) is 3.42. The molecule has 2 unspecified atom stereocenters. The molecule has 0 amide bonds. The molecule has 5 nitrogen and oxygen atoms in total. The van der Waals surface area contributed by atoms with Crippen LogP contribution in [0.4, 0.5) is 0 Å². The van der Waals surface area contributed by atoms with E-state index in [0.717, 1.165) is 6.26 Å². The van der Waals surface area contributed by atoms with Gasteiger partial charge in [0.15, 0.2) is 9.84 Å². The molecule has 2 atom stereocenters. The van der Waals surface area contributed by atoms with E-state index in [0.29, 0.717) is 11.3 Å². The van der Waals surface area contributed by atoms with Crippen LogP contribution in [0.3, 0.4) is 0 Å². The van der Waals surface area contributed by atoms with E-state index in [1.54, 1.807) is 24.3 Å². The Labute approximate surface area is 101 Å². The number of hydrogen-bond acceptors (Lipinski definition) is 5. The molecular formula is C11H16O5S. The third-order valence-electron chi connectivity index (χ3n) is 2.54. The van der Waals surface area contributed by atoms with Gasteiger partial charge in [-0.05, 0) is 17.7 Å². The van der Waals surface area contributed by atoms with E-state index in [2.05, 4.69) is 0 Å². The van der Waals surface area contributed by atoms with E-state index in [1.807, 2.05) is 0 Å². The summed E-state index contributed by atoms with van der Waals surface area (Å²) in [5.41, 5.74) is 0.426. The average molecular weight is 260 g/mol. The van der Waals surface area contributed by atoms with Gasteiger partial charge in [0.2, 0.25) is 0 Å². The largest absolute Gasteiger partial charge is 0.497 e. The van der Waals surface area contributed by atoms with Crippen LogP contribution in [0, 0.1) is 0 Å². The number of benzene rings is 1. The summed E-state index contributed by atoms with van der Waals surface area (Å²) in [6.07, 6.45) is -0.262. The number of methoxy groups -OCH3 is 1. The Morgan fingerprint density at radius 3 is 2.18 bits per heavy atom. The normalized spacial score (nSPS) is 15.3. The van der Waals surface area contributed by atoms with Crippen molar-refractivity contribution in [2.75, 3.05) is 20.0 Å². The van der Waals surface area contributed by atoms with Crippen molar-refractivity contribution >= 4 is 9.84 Å². The number of aliphatic hydroxyl groups excluding tert-OH is 2. The summed E-state index contributed by atoms with van der Waals surface area (Å²) in [4.78, 5) is 0. The molecular weight excluding hydrogens is 244 g/mol.